The van der Waals surface area contributed by atoms with Crippen molar-refractivity contribution in [1.82, 2.24) is 0 Å². The SMILES string of the molecule is C=C1C(=O)O[C@H]2CCC/C=C/CCCCCCC[C@@H]12. The normalized spacial score (nSPS) is 32.2. The maximum atomic E-state index is 11.6. The summed E-state index contributed by atoms with van der Waals surface area (Å²) in [6.45, 7) is 3.93. The lowest BCUT2D eigenvalue weighted by Crippen LogP contribution is -2.16. The average molecular weight is 262 g/mol. The predicted octanol–water partition coefficient (Wildman–Crippen LogP) is 4.56. The van der Waals surface area contributed by atoms with Crippen LogP contribution in [0.3, 0.4) is 0 Å². The number of hydrogen-bond acceptors (Lipinski definition) is 2. The second kappa shape index (κ2) is 7.52. The van der Waals surface area contributed by atoms with E-state index in [4.69, 9.17) is 4.74 Å². The number of rotatable bonds is 0. The first-order valence-corrected chi connectivity index (χ1v) is 7.84. The molecule has 0 aromatic heterocycles. The molecule has 2 nitrogen and oxygen atoms in total. The summed E-state index contributed by atoms with van der Waals surface area (Å²) in [6, 6.07) is 0. The number of carbonyl (C=O) groups is 1. The zero-order valence-electron chi connectivity index (χ0n) is 11.9. The molecule has 2 atom stereocenters. The highest BCUT2D eigenvalue weighted by molar-refractivity contribution is 5.90. The van der Waals surface area contributed by atoms with Gasteiger partial charge in [-0.05, 0) is 38.5 Å². The standard InChI is InChI=1S/C17H26O2/c1-14-15-12-10-8-6-4-2-3-5-7-9-11-13-16(15)19-17(14)18/h5,7,15-16H,1-4,6,8-13H2/b7-5+/t15-,16-/m0/s1. The van der Waals surface area contributed by atoms with E-state index in [9.17, 15) is 4.79 Å². The molecule has 1 saturated heterocycles. The molecule has 0 N–H and O–H groups in total. The zero-order valence-corrected chi connectivity index (χ0v) is 11.9. The molecule has 0 unspecified atom stereocenters. The van der Waals surface area contributed by atoms with E-state index in [1.807, 2.05) is 0 Å². The van der Waals surface area contributed by atoms with Crippen molar-refractivity contribution in [3.8, 4) is 0 Å². The molecular weight excluding hydrogens is 236 g/mol. The fraction of sp³-hybridized carbons (Fsp3) is 0.706. The van der Waals surface area contributed by atoms with Gasteiger partial charge in [-0.2, -0.15) is 0 Å². The lowest BCUT2D eigenvalue weighted by Gasteiger charge is -2.17. The van der Waals surface area contributed by atoms with Crippen LogP contribution in [0.4, 0.5) is 0 Å². The van der Waals surface area contributed by atoms with Gasteiger partial charge in [-0.3, -0.25) is 0 Å². The van der Waals surface area contributed by atoms with Crippen molar-refractivity contribution in [1.29, 1.82) is 0 Å². The summed E-state index contributed by atoms with van der Waals surface area (Å²) in [4.78, 5) is 11.6. The van der Waals surface area contributed by atoms with Crippen LogP contribution >= 0.6 is 0 Å². The second-order valence-electron chi connectivity index (χ2n) is 5.82. The molecular formula is C17H26O2. The van der Waals surface area contributed by atoms with Crippen LogP contribution in [0.25, 0.3) is 0 Å². The summed E-state index contributed by atoms with van der Waals surface area (Å²) in [7, 11) is 0. The maximum absolute atomic E-state index is 11.6. The lowest BCUT2D eigenvalue weighted by molar-refractivity contribution is -0.139. The molecule has 1 aliphatic carbocycles. The van der Waals surface area contributed by atoms with E-state index < -0.39 is 0 Å². The van der Waals surface area contributed by atoms with E-state index in [0.29, 0.717) is 5.57 Å². The molecule has 0 spiro atoms. The van der Waals surface area contributed by atoms with E-state index in [1.54, 1.807) is 0 Å². The van der Waals surface area contributed by atoms with Gasteiger partial charge in [-0.25, -0.2) is 4.79 Å². The average Bonchev–Trinajstić information content (AvgIpc) is 2.67. The number of ether oxygens (including phenoxy) is 1. The maximum Gasteiger partial charge on any atom is 0.334 e. The van der Waals surface area contributed by atoms with Crippen LogP contribution in [-0.4, -0.2) is 12.1 Å². The quantitative estimate of drug-likeness (QED) is 0.363. The van der Waals surface area contributed by atoms with E-state index in [0.717, 1.165) is 25.7 Å². The van der Waals surface area contributed by atoms with Gasteiger partial charge in [0.25, 0.3) is 0 Å². The first-order valence-electron chi connectivity index (χ1n) is 7.84. The first-order chi connectivity index (χ1) is 9.29. The molecule has 1 aliphatic heterocycles. The summed E-state index contributed by atoms with van der Waals surface area (Å²) in [5.41, 5.74) is 0.715. The third kappa shape index (κ3) is 4.22. The summed E-state index contributed by atoms with van der Waals surface area (Å²) in [5.74, 6) is 0.120. The molecule has 1 heterocycles. The molecule has 0 aromatic carbocycles. The minimum atomic E-state index is -0.158. The van der Waals surface area contributed by atoms with Gasteiger partial charge in [0.2, 0.25) is 0 Å². The van der Waals surface area contributed by atoms with Crippen LogP contribution in [0.15, 0.2) is 24.3 Å². The third-order valence-electron chi connectivity index (χ3n) is 4.33. The van der Waals surface area contributed by atoms with E-state index in [-0.39, 0.29) is 18.0 Å². The number of carbonyl (C=O) groups excluding carboxylic acids is 1. The van der Waals surface area contributed by atoms with E-state index >= 15 is 0 Å². The minimum Gasteiger partial charge on any atom is -0.458 e. The van der Waals surface area contributed by atoms with Gasteiger partial charge in [0.05, 0.1) is 0 Å². The van der Waals surface area contributed by atoms with Gasteiger partial charge in [0.1, 0.15) is 6.10 Å². The third-order valence-corrected chi connectivity index (χ3v) is 4.33. The Kier molecular flexibility index (Phi) is 5.68. The molecule has 19 heavy (non-hydrogen) atoms. The van der Waals surface area contributed by atoms with Crippen molar-refractivity contribution in [3.63, 3.8) is 0 Å². The minimum absolute atomic E-state index is 0.0938. The van der Waals surface area contributed by atoms with Gasteiger partial charge >= 0.3 is 5.97 Å². The highest BCUT2D eigenvalue weighted by atomic mass is 16.6. The van der Waals surface area contributed by atoms with Crippen LogP contribution in [0.5, 0.6) is 0 Å². The molecule has 0 bridgehead atoms. The molecule has 0 amide bonds. The van der Waals surface area contributed by atoms with Crippen LogP contribution < -0.4 is 0 Å². The Bertz CT molecular complexity index is 343. The number of esters is 1. The summed E-state index contributed by atoms with van der Waals surface area (Å²) < 4.78 is 5.47. The van der Waals surface area contributed by atoms with Crippen LogP contribution in [-0.2, 0) is 9.53 Å². The Morgan fingerprint density at radius 2 is 1.63 bits per heavy atom. The molecule has 2 rings (SSSR count). The van der Waals surface area contributed by atoms with Crippen molar-refractivity contribution < 1.29 is 9.53 Å². The van der Waals surface area contributed by atoms with Crippen molar-refractivity contribution in [3.05, 3.63) is 24.3 Å². The fourth-order valence-electron chi connectivity index (χ4n) is 3.12. The molecule has 1 fully saturated rings. The molecule has 2 aliphatic rings. The Balaban J connectivity index is 1.92. The van der Waals surface area contributed by atoms with Crippen LogP contribution in [0, 0.1) is 5.92 Å². The molecule has 0 saturated carbocycles. The van der Waals surface area contributed by atoms with Gasteiger partial charge in [0, 0.05) is 11.5 Å². The molecule has 2 heteroatoms. The van der Waals surface area contributed by atoms with Gasteiger partial charge in [0.15, 0.2) is 0 Å². The predicted molar refractivity (Wildman–Crippen MR) is 77.8 cm³/mol. The lowest BCUT2D eigenvalue weighted by atomic mass is 9.88. The van der Waals surface area contributed by atoms with Gasteiger partial charge in [-0.15, -0.1) is 0 Å². The van der Waals surface area contributed by atoms with Crippen molar-refractivity contribution in [2.75, 3.05) is 0 Å². The molecule has 106 valence electrons. The van der Waals surface area contributed by atoms with Crippen LogP contribution in [0.1, 0.15) is 64.2 Å². The largest absolute Gasteiger partial charge is 0.458 e. The number of fused-ring (bicyclic) bond motifs is 1. The summed E-state index contributed by atoms with van der Waals surface area (Å²) in [5, 5.41) is 0. The topological polar surface area (TPSA) is 26.3 Å². The first kappa shape index (κ1) is 14.4. The Hall–Kier alpha value is -1.05. The Morgan fingerprint density at radius 1 is 0.947 bits per heavy atom. The van der Waals surface area contributed by atoms with Crippen molar-refractivity contribution in [2.24, 2.45) is 5.92 Å². The van der Waals surface area contributed by atoms with Crippen molar-refractivity contribution >= 4 is 5.97 Å². The summed E-state index contributed by atoms with van der Waals surface area (Å²) in [6.07, 6.45) is 16.6. The molecule has 0 aromatic rings. The van der Waals surface area contributed by atoms with Gasteiger partial charge < -0.3 is 4.74 Å². The fourth-order valence-corrected chi connectivity index (χ4v) is 3.12. The van der Waals surface area contributed by atoms with E-state index in [1.165, 1.54) is 38.5 Å². The van der Waals surface area contributed by atoms with E-state index in [2.05, 4.69) is 18.7 Å². The number of hydrogen-bond donors (Lipinski definition) is 0. The van der Waals surface area contributed by atoms with Gasteiger partial charge in [-0.1, -0.05) is 44.4 Å². The molecule has 0 radical (unpaired) electrons. The number of allylic oxidation sites excluding steroid dienone is 2. The highest BCUT2D eigenvalue weighted by Gasteiger charge is 2.37. The Morgan fingerprint density at radius 3 is 2.47 bits per heavy atom. The summed E-state index contributed by atoms with van der Waals surface area (Å²) >= 11 is 0. The monoisotopic (exact) mass is 262 g/mol. The zero-order chi connectivity index (χ0) is 13.5. The van der Waals surface area contributed by atoms with Crippen molar-refractivity contribution in [2.45, 2.75) is 70.3 Å². The highest BCUT2D eigenvalue weighted by Crippen LogP contribution is 2.34. The van der Waals surface area contributed by atoms with Crippen LogP contribution in [0.2, 0.25) is 0 Å². The second-order valence-corrected chi connectivity index (χ2v) is 5.82. The Labute approximate surface area is 116 Å². The smallest absolute Gasteiger partial charge is 0.334 e.